The largest absolute Gasteiger partial charge is 0.483 e. The summed E-state index contributed by atoms with van der Waals surface area (Å²) >= 11 is 3.57. The molecule has 0 spiro atoms. The molecular weight excluding hydrogens is 559 g/mol. The van der Waals surface area contributed by atoms with E-state index in [1.54, 1.807) is 12.1 Å². The normalized spacial score (nSPS) is 12.9. The van der Waals surface area contributed by atoms with Gasteiger partial charge in [-0.1, -0.05) is 76.2 Å². The Morgan fingerprint density at radius 2 is 1.67 bits per heavy atom. The monoisotopic (exact) mass is 596 g/mol. The van der Waals surface area contributed by atoms with Gasteiger partial charge < -0.3 is 15.0 Å². The standard InChI is InChI=1S/C32H38BrFN2O3/c1-6-22(2)35-31(38)28(18-23-10-8-7-9-11-23)36(20-24-12-15-26(34)16-13-24)30(37)21-39-29-17-14-25(19-27(29)33)32(3,4)5/h7-17,19,22,28H,6,18,20-21H2,1-5H3,(H,35,38)/t22-,28-/m0/s1. The van der Waals surface area contributed by atoms with Crippen molar-refractivity contribution in [3.8, 4) is 5.75 Å². The zero-order valence-corrected chi connectivity index (χ0v) is 24.9. The molecule has 2 amide bonds. The number of ether oxygens (including phenoxy) is 1. The highest BCUT2D eigenvalue weighted by Gasteiger charge is 2.31. The molecule has 39 heavy (non-hydrogen) atoms. The van der Waals surface area contributed by atoms with E-state index in [0.29, 0.717) is 12.2 Å². The van der Waals surface area contributed by atoms with Crippen LogP contribution in [0.1, 0.15) is 57.7 Å². The first-order valence-electron chi connectivity index (χ1n) is 13.3. The van der Waals surface area contributed by atoms with Gasteiger partial charge in [-0.15, -0.1) is 0 Å². The number of amides is 2. The van der Waals surface area contributed by atoms with E-state index in [1.165, 1.54) is 17.0 Å². The first-order valence-corrected chi connectivity index (χ1v) is 14.1. The molecule has 0 bridgehead atoms. The summed E-state index contributed by atoms with van der Waals surface area (Å²) in [5.74, 6) is -0.397. The van der Waals surface area contributed by atoms with Crippen LogP contribution >= 0.6 is 15.9 Å². The van der Waals surface area contributed by atoms with Crippen LogP contribution in [0.25, 0.3) is 0 Å². The van der Waals surface area contributed by atoms with Crippen molar-refractivity contribution in [2.75, 3.05) is 6.61 Å². The Hall–Kier alpha value is -3.19. The van der Waals surface area contributed by atoms with Gasteiger partial charge in [-0.05, 0) is 75.6 Å². The van der Waals surface area contributed by atoms with Crippen LogP contribution in [0.15, 0.2) is 77.3 Å². The predicted octanol–water partition coefficient (Wildman–Crippen LogP) is 6.82. The molecule has 0 saturated carbocycles. The third-order valence-corrected chi connectivity index (χ3v) is 7.31. The number of carbonyl (C=O) groups is 2. The lowest BCUT2D eigenvalue weighted by atomic mass is 9.87. The zero-order chi connectivity index (χ0) is 28.6. The number of hydrogen-bond donors (Lipinski definition) is 1. The first kappa shape index (κ1) is 30.4. The summed E-state index contributed by atoms with van der Waals surface area (Å²) in [7, 11) is 0. The van der Waals surface area contributed by atoms with Crippen LogP contribution in [-0.2, 0) is 28.0 Å². The van der Waals surface area contributed by atoms with Gasteiger partial charge in [0.15, 0.2) is 6.61 Å². The van der Waals surface area contributed by atoms with Crippen LogP contribution in [0.2, 0.25) is 0 Å². The number of halogens is 2. The van der Waals surface area contributed by atoms with E-state index in [4.69, 9.17) is 4.74 Å². The highest BCUT2D eigenvalue weighted by molar-refractivity contribution is 9.10. The Morgan fingerprint density at radius 3 is 2.26 bits per heavy atom. The van der Waals surface area contributed by atoms with Gasteiger partial charge >= 0.3 is 0 Å². The molecule has 2 atom stereocenters. The number of carbonyl (C=O) groups excluding carboxylic acids is 2. The quantitative estimate of drug-likeness (QED) is 0.264. The van der Waals surface area contributed by atoms with Crippen LogP contribution in [0.3, 0.4) is 0 Å². The Morgan fingerprint density at radius 1 is 1.00 bits per heavy atom. The van der Waals surface area contributed by atoms with Crippen molar-refractivity contribution in [2.24, 2.45) is 0 Å². The molecule has 0 saturated heterocycles. The molecule has 0 unspecified atom stereocenters. The molecule has 0 aliphatic carbocycles. The van der Waals surface area contributed by atoms with Crippen molar-refractivity contribution < 1.29 is 18.7 Å². The smallest absolute Gasteiger partial charge is 0.261 e. The van der Waals surface area contributed by atoms with Gasteiger partial charge in [-0.3, -0.25) is 9.59 Å². The maximum atomic E-state index is 13.7. The van der Waals surface area contributed by atoms with E-state index in [2.05, 4.69) is 42.0 Å². The maximum Gasteiger partial charge on any atom is 0.261 e. The summed E-state index contributed by atoms with van der Waals surface area (Å²) in [5.41, 5.74) is 2.75. The molecule has 0 aliphatic heterocycles. The summed E-state index contributed by atoms with van der Waals surface area (Å²) in [6.07, 6.45) is 1.09. The van der Waals surface area contributed by atoms with Crippen molar-refractivity contribution in [3.05, 3.63) is 99.8 Å². The summed E-state index contributed by atoms with van der Waals surface area (Å²) in [4.78, 5) is 28.8. The van der Waals surface area contributed by atoms with Gasteiger partial charge in [0.05, 0.1) is 4.47 Å². The minimum atomic E-state index is -0.783. The predicted molar refractivity (Wildman–Crippen MR) is 157 cm³/mol. The lowest BCUT2D eigenvalue weighted by Gasteiger charge is -2.32. The zero-order valence-electron chi connectivity index (χ0n) is 23.3. The van der Waals surface area contributed by atoms with E-state index in [9.17, 15) is 14.0 Å². The second kappa shape index (κ2) is 13.7. The van der Waals surface area contributed by atoms with Crippen LogP contribution in [0.5, 0.6) is 5.75 Å². The lowest BCUT2D eigenvalue weighted by molar-refractivity contribution is -0.143. The molecule has 0 aromatic heterocycles. The van der Waals surface area contributed by atoms with E-state index in [-0.39, 0.29) is 42.2 Å². The molecule has 0 aliphatic rings. The minimum absolute atomic E-state index is 0.0313. The molecule has 0 radical (unpaired) electrons. The van der Waals surface area contributed by atoms with Crippen molar-refractivity contribution in [3.63, 3.8) is 0 Å². The Kier molecular flexibility index (Phi) is 10.7. The summed E-state index contributed by atoms with van der Waals surface area (Å²) in [5, 5.41) is 3.04. The SMILES string of the molecule is CC[C@H](C)NC(=O)[C@H](Cc1ccccc1)N(Cc1ccc(F)cc1)C(=O)COc1ccc(C(C)(C)C)cc1Br. The molecule has 7 heteroatoms. The molecule has 3 aromatic carbocycles. The van der Waals surface area contributed by atoms with Gasteiger partial charge in [0, 0.05) is 19.0 Å². The molecule has 0 fully saturated rings. The molecule has 1 N–H and O–H groups in total. The first-order chi connectivity index (χ1) is 18.5. The van der Waals surface area contributed by atoms with Gasteiger partial charge in [0.2, 0.25) is 5.91 Å². The lowest BCUT2D eigenvalue weighted by Crippen LogP contribution is -2.53. The van der Waals surface area contributed by atoms with Crippen molar-refractivity contribution >= 4 is 27.7 Å². The molecule has 3 aromatic rings. The molecule has 208 valence electrons. The molecule has 3 rings (SSSR count). The van der Waals surface area contributed by atoms with Crippen LogP contribution in [-0.4, -0.2) is 35.4 Å². The van der Waals surface area contributed by atoms with E-state index >= 15 is 0 Å². The Bertz CT molecular complexity index is 1240. The van der Waals surface area contributed by atoms with Gasteiger partial charge in [0.1, 0.15) is 17.6 Å². The second-order valence-electron chi connectivity index (χ2n) is 10.9. The number of nitrogens with one attached hydrogen (secondary N) is 1. The Labute approximate surface area is 239 Å². The molecule has 0 heterocycles. The van der Waals surface area contributed by atoms with Crippen LogP contribution in [0, 0.1) is 5.82 Å². The molecule has 5 nitrogen and oxygen atoms in total. The fourth-order valence-corrected chi connectivity index (χ4v) is 4.58. The maximum absolute atomic E-state index is 13.7. The van der Waals surface area contributed by atoms with Crippen molar-refractivity contribution in [1.29, 1.82) is 0 Å². The summed E-state index contributed by atoms with van der Waals surface area (Å²) < 4.78 is 20.3. The van der Waals surface area contributed by atoms with Gasteiger partial charge in [0.25, 0.3) is 5.91 Å². The van der Waals surface area contributed by atoms with Crippen molar-refractivity contribution in [1.82, 2.24) is 10.2 Å². The summed E-state index contributed by atoms with van der Waals surface area (Å²) in [6, 6.07) is 20.6. The average molecular weight is 598 g/mol. The number of rotatable bonds is 11. The fraction of sp³-hybridized carbons (Fsp3) is 0.375. The van der Waals surface area contributed by atoms with Gasteiger partial charge in [-0.25, -0.2) is 4.39 Å². The third-order valence-electron chi connectivity index (χ3n) is 6.69. The second-order valence-corrected chi connectivity index (χ2v) is 11.7. The van der Waals surface area contributed by atoms with Crippen molar-refractivity contribution in [2.45, 2.75) is 71.5 Å². The van der Waals surface area contributed by atoms with Crippen LogP contribution < -0.4 is 10.1 Å². The highest BCUT2D eigenvalue weighted by atomic mass is 79.9. The Balaban J connectivity index is 1.91. The number of benzene rings is 3. The number of hydrogen-bond acceptors (Lipinski definition) is 3. The average Bonchev–Trinajstić information content (AvgIpc) is 2.90. The third kappa shape index (κ3) is 8.92. The van der Waals surface area contributed by atoms with E-state index < -0.39 is 6.04 Å². The number of nitrogens with zero attached hydrogens (tertiary/aromatic N) is 1. The fourth-order valence-electron chi connectivity index (χ4n) is 4.09. The van der Waals surface area contributed by atoms with Gasteiger partial charge in [-0.2, -0.15) is 0 Å². The molecular formula is C32H38BrFN2O3. The van der Waals surface area contributed by atoms with E-state index in [0.717, 1.165) is 27.6 Å². The highest BCUT2D eigenvalue weighted by Crippen LogP contribution is 2.31. The topological polar surface area (TPSA) is 58.6 Å². The van der Waals surface area contributed by atoms with Crippen LogP contribution in [0.4, 0.5) is 4.39 Å². The summed E-state index contributed by atoms with van der Waals surface area (Å²) in [6.45, 7) is 10.2. The van der Waals surface area contributed by atoms with E-state index in [1.807, 2.05) is 62.4 Å². The minimum Gasteiger partial charge on any atom is -0.483 e.